The van der Waals surface area contributed by atoms with Crippen LogP contribution in [-0.4, -0.2) is 41.2 Å². The van der Waals surface area contributed by atoms with Gasteiger partial charge >= 0.3 is 0 Å². The molecule has 2 aromatic rings. The van der Waals surface area contributed by atoms with Gasteiger partial charge in [-0.1, -0.05) is 42.5 Å². The van der Waals surface area contributed by atoms with Crippen molar-refractivity contribution in [3.8, 4) is 0 Å². The van der Waals surface area contributed by atoms with Gasteiger partial charge in [0.15, 0.2) is 0 Å². The summed E-state index contributed by atoms with van der Waals surface area (Å²) in [7, 11) is 0. The molecule has 4 nitrogen and oxygen atoms in total. The van der Waals surface area contributed by atoms with Gasteiger partial charge in [0.25, 0.3) is 5.91 Å². The number of benzene rings is 2. The molecule has 4 rings (SSSR count). The minimum atomic E-state index is -0.0818. The van der Waals surface area contributed by atoms with Gasteiger partial charge in [-0.25, -0.2) is 0 Å². The number of hydrogen-bond acceptors (Lipinski definition) is 2. The first-order valence-corrected chi connectivity index (χ1v) is 9.42. The molecule has 0 aliphatic carbocycles. The number of carbonyl (C=O) groups excluding carboxylic acids is 2. The first-order valence-electron chi connectivity index (χ1n) is 9.42. The molecule has 2 aliphatic rings. The summed E-state index contributed by atoms with van der Waals surface area (Å²) in [5, 5.41) is 0. The van der Waals surface area contributed by atoms with Crippen LogP contribution >= 0.6 is 0 Å². The van der Waals surface area contributed by atoms with E-state index >= 15 is 0 Å². The van der Waals surface area contributed by atoms with E-state index in [1.54, 1.807) is 0 Å². The first kappa shape index (κ1) is 16.8. The van der Waals surface area contributed by atoms with Gasteiger partial charge in [-0.3, -0.25) is 9.59 Å². The Bertz CT molecular complexity index is 803. The molecule has 1 saturated heterocycles. The summed E-state index contributed by atoms with van der Waals surface area (Å²) >= 11 is 0. The van der Waals surface area contributed by atoms with Crippen molar-refractivity contribution in [2.45, 2.75) is 25.8 Å². The number of amides is 2. The van der Waals surface area contributed by atoms with Gasteiger partial charge in [0.05, 0.1) is 5.92 Å². The summed E-state index contributed by atoms with van der Waals surface area (Å²) in [5.41, 5.74) is 3.30. The molecule has 2 aromatic carbocycles. The van der Waals surface area contributed by atoms with Crippen LogP contribution in [0, 0.1) is 5.92 Å². The molecule has 0 unspecified atom stereocenters. The predicted octanol–water partition coefficient (Wildman–Crippen LogP) is 3.12. The summed E-state index contributed by atoms with van der Waals surface area (Å²) in [4.78, 5) is 29.6. The van der Waals surface area contributed by atoms with Gasteiger partial charge < -0.3 is 9.80 Å². The Labute approximate surface area is 154 Å². The van der Waals surface area contributed by atoms with Crippen LogP contribution in [0.25, 0.3) is 0 Å². The van der Waals surface area contributed by atoms with E-state index in [2.05, 4.69) is 18.2 Å². The van der Waals surface area contributed by atoms with Crippen LogP contribution < -0.4 is 0 Å². The molecule has 2 aliphatic heterocycles. The van der Waals surface area contributed by atoms with Gasteiger partial charge in [0.1, 0.15) is 0 Å². The molecular formula is C22H24N2O2. The molecule has 0 radical (unpaired) electrons. The lowest BCUT2D eigenvalue weighted by molar-refractivity contribution is -0.137. The zero-order valence-electron chi connectivity index (χ0n) is 14.9. The number of rotatable bonds is 2. The van der Waals surface area contributed by atoms with Crippen LogP contribution in [0.3, 0.4) is 0 Å². The highest BCUT2D eigenvalue weighted by Crippen LogP contribution is 2.24. The number of hydrogen-bond donors (Lipinski definition) is 0. The Balaban J connectivity index is 1.43. The van der Waals surface area contributed by atoms with Crippen molar-refractivity contribution in [2.24, 2.45) is 5.92 Å². The van der Waals surface area contributed by atoms with Crippen molar-refractivity contribution in [3.05, 3.63) is 71.3 Å². The van der Waals surface area contributed by atoms with Crippen molar-refractivity contribution in [1.82, 2.24) is 9.80 Å². The van der Waals surface area contributed by atoms with Crippen molar-refractivity contribution >= 4 is 11.8 Å². The van der Waals surface area contributed by atoms with E-state index in [0.717, 1.165) is 32.4 Å². The normalized spacial score (nSPS) is 19.8. The van der Waals surface area contributed by atoms with Crippen LogP contribution in [0.5, 0.6) is 0 Å². The Morgan fingerprint density at radius 3 is 2.38 bits per heavy atom. The van der Waals surface area contributed by atoms with Crippen molar-refractivity contribution < 1.29 is 9.59 Å². The van der Waals surface area contributed by atoms with E-state index in [0.29, 0.717) is 18.7 Å². The lowest BCUT2D eigenvalue weighted by atomic mass is 9.93. The number of nitrogens with zero attached hydrogens (tertiary/aromatic N) is 2. The van der Waals surface area contributed by atoms with Gasteiger partial charge in [0.2, 0.25) is 5.91 Å². The third-order valence-electron chi connectivity index (χ3n) is 5.52. The van der Waals surface area contributed by atoms with E-state index in [4.69, 9.17) is 0 Å². The zero-order valence-corrected chi connectivity index (χ0v) is 14.9. The fraction of sp³-hybridized carbons (Fsp3) is 0.364. The second kappa shape index (κ2) is 7.32. The summed E-state index contributed by atoms with van der Waals surface area (Å²) < 4.78 is 0. The summed E-state index contributed by atoms with van der Waals surface area (Å²) in [5.74, 6) is 0.152. The fourth-order valence-electron chi connectivity index (χ4n) is 4.07. The standard InChI is InChI=1S/C22H24N2O2/c25-21(18-8-2-1-3-9-18)23-13-6-11-20(16-23)22(26)24-14-12-17-7-4-5-10-19(17)15-24/h1-5,7-10,20H,6,11-16H2/t20-/m1/s1. The maximum atomic E-state index is 13.1. The average molecular weight is 348 g/mol. The quantitative estimate of drug-likeness (QED) is 0.837. The van der Waals surface area contributed by atoms with E-state index in [1.807, 2.05) is 46.2 Å². The molecule has 1 fully saturated rings. The smallest absolute Gasteiger partial charge is 0.253 e. The topological polar surface area (TPSA) is 40.6 Å². The highest BCUT2D eigenvalue weighted by molar-refractivity contribution is 5.94. The molecule has 4 heteroatoms. The number of piperidine rings is 1. The van der Waals surface area contributed by atoms with E-state index in [1.165, 1.54) is 11.1 Å². The Morgan fingerprint density at radius 1 is 0.846 bits per heavy atom. The van der Waals surface area contributed by atoms with Gasteiger partial charge in [-0.05, 0) is 42.5 Å². The molecule has 0 N–H and O–H groups in total. The fourth-order valence-corrected chi connectivity index (χ4v) is 4.07. The van der Waals surface area contributed by atoms with Gasteiger partial charge in [-0.15, -0.1) is 0 Å². The Kier molecular flexibility index (Phi) is 4.74. The third kappa shape index (κ3) is 3.36. The van der Waals surface area contributed by atoms with Crippen LogP contribution in [0.2, 0.25) is 0 Å². The maximum Gasteiger partial charge on any atom is 0.253 e. The van der Waals surface area contributed by atoms with Crippen molar-refractivity contribution in [1.29, 1.82) is 0 Å². The molecule has 26 heavy (non-hydrogen) atoms. The van der Waals surface area contributed by atoms with Gasteiger partial charge in [0, 0.05) is 31.7 Å². The predicted molar refractivity (Wildman–Crippen MR) is 101 cm³/mol. The summed E-state index contributed by atoms with van der Waals surface area (Å²) in [6.45, 7) is 2.74. The maximum absolute atomic E-state index is 13.1. The van der Waals surface area contributed by atoms with Crippen molar-refractivity contribution in [3.63, 3.8) is 0 Å². The Hall–Kier alpha value is -2.62. The van der Waals surface area contributed by atoms with Gasteiger partial charge in [-0.2, -0.15) is 0 Å². The third-order valence-corrected chi connectivity index (χ3v) is 5.52. The molecule has 0 bridgehead atoms. The average Bonchev–Trinajstić information content (AvgIpc) is 2.73. The van der Waals surface area contributed by atoms with E-state index in [-0.39, 0.29) is 17.7 Å². The SMILES string of the molecule is O=C(c1ccccc1)N1CCC[C@@H](C(=O)N2CCc3ccccc3C2)C1. The number of likely N-dealkylation sites (tertiary alicyclic amines) is 1. The van der Waals surface area contributed by atoms with Crippen LogP contribution in [0.1, 0.15) is 34.3 Å². The second-order valence-corrected chi connectivity index (χ2v) is 7.23. The monoisotopic (exact) mass is 348 g/mol. The molecule has 2 amide bonds. The molecule has 0 saturated carbocycles. The lowest BCUT2D eigenvalue weighted by Crippen LogP contribution is -2.47. The minimum absolute atomic E-state index is 0.0343. The van der Waals surface area contributed by atoms with Crippen LogP contribution in [0.4, 0.5) is 0 Å². The number of carbonyl (C=O) groups is 2. The molecular weight excluding hydrogens is 324 g/mol. The highest BCUT2D eigenvalue weighted by Gasteiger charge is 2.32. The highest BCUT2D eigenvalue weighted by atomic mass is 16.2. The van der Waals surface area contributed by atoms with Crippen LogP contribution in [-0.2, 0) is 17.8 Å². The zero-order chi connectivity index (χ0) is 17.9. The molecule has 134 valence electrons. The summed E-state index contributed by atoms with van der Waals surface area (Å²) in [6.07, 6.45) is 2.68. The first-order chi connectivity index (χ1) is 12.7. The Morgan fingerprint density at radius 2 is 1.58 bits per heavy atom. The van der Waals surface area contributed by atoms with Crippen LogP contribution in [0.15, 0.2) is 54.6 Å². The summed E-state index contributed by atoms with van der Waals surface area (Å²) in [6, 6.07) is 17.7. The number of fused-ring (bicyclic) bond motifs is 1. The van der Waals surface area contributed by atoms with E-state index < -0.39 is 0 Å². The molecule has 2 heterocycles. The van der Waals surface area contributed by atoms with Crippen molar-refractivity contribution in [2.75, 3.05) is 19.6 Å². The second-order valence-electron chi connectivity index (χ2n) is 7.23. The van der Waals surface area contributed by atoms with E-state index in [9.17, 15) is 9.59 Å². The molecule has 0 aromatic heterocycles. The minimum Gasteiger partial charge on any atom is -0.338 e. The largest absolute Gasteiger partial charge is 0.338 e. The lowest BCUT2D eigenvalue weighted by Gasteiger charge is -2.36. The molecule has 0 spiro atoms. The molecule has 1 atom stereocenters.